The molecular weight excluding hydrogens is 495 g/mol. The van der Waals surface area contributed by atoms with Gasteiger partial charge in [-0.1, -0.05) is 19.9 Å². The summed E-state index contributed by atoms with van der Waals surface area (Å²) in [4.78, 5) is 12.7. The highest BCUT2D eigenvalue weighted by molar-refractivity contribution is 14.1. The molecule has 144 valence electrons. The maximum atomic E-state index is 12.7. The van der Waals surface area contributed by atoms with Gasteiger partial charge in [-0.2, -0.15) is 11.8 Å². The van der Waals surface area contributed by atoms with Crippen molar-refractivity contribution in [2.75, 3.05) is 5.75 Å². The monoisotopic (exact) mass is 516 g/mol. The number of phenols is 1. The van der Waals surface area contributed by atoms with Crippen LogP contribution in [0.1, 0.15) is 31.1 Å². The molecule has 0 spiro atoms. The molecule has 2 aromatic heterocycles. The van der Waals surface area contributed by atoms with Gasteiger partial charge in [-0.15, -0.1) is 0 Å². The molecule has 1 N–H and O–H groups in total. The van der Waals surface area contributed by atoms with E-state index in [9.17, 15) is 9.90 Å². The van der Waals surface area contributed by atoms with Crippen molar-refractivity contribution >= 4 is 57.9 Å². The number of aromatic hydroxyl groups is 1. The smallest absolute Gasteiger partial charge is 0.275 e. The van der Waals surface area contributed by atoms with Crippen LogP contribution in [0.15, 0.2) is 41.5 Å². The number of thioether (sulfide) groups is 1. The second kappa shape index (κ2) is 8.93. The second-order valence-electron chi connectivity index (χ2n) is 6.13. The van der Waals surface area contributed by atoms with Gasteiger partial charge in [0.2, 0.25) is 0 Å². The third-order valence-corrected chi connectivity index (χ3v) is 6.86. The summed E-state index contributed by atoms with van der Waals surface area (Å²) in [6.07, 6.45) is 4.62. The Morgan fingerprint density at radius 1 is 1.26 bits per heavy atom. The number of aromatic nitrogens is 2. The Morgan fingerprint density at radius 2 is 2.04 bits per heavy atom. The van der Waals surface area contributed by atoms with Gasteiger partial charge in [0.1, 0.15) is 46.5 Å². The van der Waals surface area contributed by atoms with Crippen molar-refractivity contribution in [1.82, 2.24) is 8.54 Å². The average molecular weight is 516 g/mol. The highest BCUT2D eigenvalue weighted by Gasteiger charge is 2.18. The van der Waals surface area contributed by atoms with Crippen LogP contribution in [-0.2, 0) is 9.56 Å². The Labute approximate surface area is 181 Å². The predicted molar refractivity (Wildman–Crippen MR) is 124 cm³/mol. The van der Waals surface area contributed by atoms with Crippen LogP contribution in [0.25, 0.3) is 22.0 Å². The van der Waals surface area contributed by atoms with Crippen LogP contribution in [0.2, 0.25) is 0 Å². The first-order chi connectivity index (χ1) is 13.0. The summed E-state index contributed by atoms with van der Waals surface area (Å²) in [6, 6.07) is 7.67. The molecule has 0 aliphatic heterocycles. The molecule has 0 saturated heterocycles. The third kappa shape index (κ3) is 4.03. The van der Waals surface area contributed by atoms with E-state index in [2.05, 4.69) is 13.8 Å². The quantitative estimate of drug-likeness (QED) is 0.323. The molecule has 1 aromatic carbocycles. The Bertz CT molecular complexity index is 1020. The fourth-order valence-electron chi connectivity index (χ4n) is 3.26. The van der Waals surface area contributed by atoms with Gasteiger partial charge < -0.3 is 9.67 Å². The van der Waals surface area contributed by atoms with E-state index in [1.165, 1.54) is 5.56 Å². The first-order valence-corrected chi connectivity index (χ1v) is 11.3. The van der Waals surface area contributed by atoms with E-state index in [0.717, 1.165) is 40.9 Å². The minimum absolute atomic E-state index is 0.108. The van der Waals surface area contributed by atoms with E-state index in [4.69, 9.17) is 2.51 Å². The van der Waals surface area contributed by atoms with Gasteiger partial charge in [-0.25, -0.2) is 2.51 Å². The molecule has 0 fully saturated rings. The highest BCUT2D eigenvalue weighted by atomic mass is 127. The van der Waals surface area contributed by atoms with Gasteiger partial charge in [0.05, 0.1) is 0 Å². The molecule has 0 saturated carbocycles. The molecule has 5 nitrogen and oxygen atoms in total. The zero-order chi connectivity index (χ0) is 19.6. The molecular formula is C19H21IN2O3S2. The molecule has 0 bridgehead atoms. The van der Waals surface area contributed by atoms with Crippen molar-refractivity contribution in [3.63, 3.8) is 0 Å². The first-order valence-electron chi connectivity index (χ1n) is 8.63. The average Bonchev–Trinajstić information content (AvgIpc) is 3.08. The van der Waals surface area contributed by atoms with Crippen LogP contribution in [-0.4, -0.2) is 19.4 Å². The summed E-state index contributed by atoms with van der Waals surface area (Å²) in [5, 5.41) is 11.7. The summed E-state index contributed by atoms with van der Waals surface area (Å²) in [6.45, 7) is 4.33. The van der Waals surface area contributed by atoms with E-state index in [1.807, 2.05) is 36.2 Å². The van der Waals surface area contributed by atoms with Crippen molar-refractivity contribution in [3.05, 3.63) is 52.6 Å². The number of rotatable bonds is 7. The van der Waals surface area contributed by atoms with Gasteiger partial charge in [0, 0.05) is 41.2 Å². The van der Waals surface area contributed by atoms with E-state index in [1.54, 1.807) is 50.9 Å². The third-order valence-electron chi connectivity index (χ3n) is 4.52. The van der Waals surface area contributed by atoms with Crippen LogP contribution >= 0.6 is 47.0 Å². The molecule has 3 aromatic rings. The van der Waals surface area contributed by atoms with Gasteiger partial charge in [-0.3, -0.25) is 8.77 Å². The summed E-state index contributed by atoms with van der Waals surface area (Å²) in [5.41, 5.74) is 3.18. The summed E-state index contributed by atoms with van der Waals surface area (Å²) in [7, 11) is 1.72. The zero-order valence-electron chi connectivity index (χ0n) is 15.3. The minimum Gasteiger partial charge on any atom is -0.507 e. The number of halogens is 1. The van der Waals surface area contributed by atoms with Crippen molar-refractivity contribution < 1.29 is 7.62 Å². The van der Waals surface area contributed by atoms with Gasteiger partial charge in [-0.05, 0) is 35.9 Å². The number of aryl methyl sites for hydroxylation is 1. The SMILES string of the molecule is CCSC(CC)c1ccc(O)c(-c2cn(C)c(=O)c3c2ccn3SOI)c1. The Balaban J connectivity index is 2.23. The summed E-state index contributed by atoms with van der Waals surface area (Å²) >= 11 is 4.76. The fraction of sp³-hybridized carbons (Fsp3) is 0.316. The van der Waals surface area contributed by atoms with Gasteiger partial charge in [0.25, 0.3) is 5.56 Å². The van der Waals surface area contributed by atoms with Crippen LogP contribution < -0.4 is 5.56 Å². The van der Waals surface area contributed by atoms with Crippen molar-refractivity contribution in [3.8, 4) is 16.9 Å². The normalized spacial score (nSPS) is 12.6. The standard InChI is InChI=1S/C19H21IN2O3S2/c1-4-17(26-5-2)12-6-7-16(23)14(10-12)15-11-21(3)19(24)18-13(15)8-9-22(18)27-25-20/h6-11,17,23H,4-5H2,1-3H3. The number of phenolic OH excluding ortho intramolecular Hbond substituents is 1. The lowest BCUT2D eigenvalue weighted by Crippen LogP contribution is -2.18. The number of benzene rings is 1. The Morgan fingerprint density at radius 3 is 2.70 bits per heavy atom. The second-order valence-corrected chi connectivity index (χ2v) is 9.36. The van der Waals surface area contributed by atoms with E-state index in [0.29, 0.717) is 10.8 Å². The van der Waals surface area contributed by atoms with Gasteiger partial charge in [0.15, 0.2) is 0 Å². The molecule has 3 rings (SSSR count). The lowest BCUT2D eigenvalue weighted by atomic mass is 9.98. The van der Waals surface area contributed by atoms with E-state index in [-0.39, 0.29) is 11.3 Å². The van der Waals surface area contributed by atoms with Crippen molar-refractivity contribution in [2.45, 2.75) is 25.5 Å². The van der Waals surface area contributed by atoms with Crippen LogP contribution in [0.3, 0.4) is 0 Å². The lowest BCUT2D eigenvalue weighted by molar-refractivity contribution is 0.477. The number of nitrogens with zero attached hydrogens (tertiary/aromatic N) is 2. The van der Waals surface area contributed by atoms with Crippen LogP contribution in [0.5, 0.6) is 5.75 Å². The number of hydrogen-bond acceptors (Lipinski definition) is 5. The fourth-order valence-corrected chi connectivity index (χ4v) is 5.18. The molecule has 0 radical (unpaired) electrons. The largest absolute Gasteiger partial charge is 0.507 e. The molecule has 0 aliphatic carbocycles. The minimum atomic E-state index is -0.108. The topological polar surface area (TPSA) is 56.4 Å². The lowest BCUT2D eigenvalue weighted by Gasteiger charge is -2.17. The summed E-state index contributed by atoms with van der Waals surface area (Å²) in [5.74, 6) is 1.25. The maximum Gasteiger partial charge on any atom is 0.275 e. The van der Waals surface area contributed by atoms with Crippen molar-refractivity contribution in [1.29, 1.82) is 0 Å². The van der Waals surface area contributed by atoms with Crippen LogP contribution in [0, 0.1) is 0 Å². The molecule has 1 atom stereocenters. The molecule has 8 heteroatoms. The van der Waals surface area contributed by atoms with Crippen molar-refractivity contribution in [2.24, 2.45) is 7.05 Å². The highest BCUT2D eigenvalue weighted by Crippen LogP contribution is 2.39. The zero-order valence-corrected chi connectivity index (χ0v) is 19.1. The predicted octanol–water partition coefficient (Wildman–Crippen LogP) is 5.69. The van der Waals surface area contributed by atoms with E-state index >= 15 is 0 Å². The Hall–Kier alpha value is -1.10. The number of fused-ring (bicyclic) bond motifs is 1. The molecule has 2 heterocycles. The first kappa shape index (κ1) is 20.6. The maximum absolute atomic E-state index is 12.7. The van der Waals surface area contributed by atoms with Crippen LogP contribution in [0.4, 0.5) is 0 Å². The van der Waals surface area contributed by atoms with Gasteiger partial charge >= 0.3 is 0 Å². The van der Waals surface area contributed by atoms with E-state index < -0.39 is 0 Å². The molecule has 27 heavy (non-hydrogen) atoms. The Kier molecular flexibility index (Phi) is 6.83. The summed E-state index contributed by atoms with van der Waals surface area (Å²) < 4.78 is 8.35. The molecule has 1 unspecified atom stereocenters. The number of hydrogen-bond donors (Lipinski definition) is 1. The number of pyridine rings is 1. The molecule has 0 aliphatic rings. The molecule has 0 amide bonds.